The third-order valence-electron chi connectivity index (χ3n) is 4.56. The van der Waals surface area contributed by atoms with Gasteiger partial charge in [0.2, 0.25) is 5.91 Å². The summed E-state index contributed by atoms with van der Waals surface area (Å²) in [5.74, 6) is -1.21. The van der Waals surface area contributed by atoms with E-state index in [-0.39, 0.29) is 25.0 Å². The molecule has 0 spiro atoms. The Bertz CT molecular complexity index is 585. The number of aliphatic carboxylic acids is 1. The smallest absolute Gasteiger partial charge is 0.308 e. The molecule has 2 aliphatic rings. The second kappa shape index (κ2) is 6.89. The van der Waals surface area contributed by atoms with Crippen molar-refractivity contribution in [3.05, 3.63) is 34.9 Å². The summed E-state index contributed by atoms with van der Waals surface area (Å²) in [5.41, 5.74) is 0.899. The largest absolute Gasteiger partial charge is 0.481 e. The molecule has 23 heavy (non-hydrogen) atoms. The molecule has 1 saturated carbocycles. The highest BCUT2D eigenvalue weighted by atomic mass is 35.5. The summed E-state index contributed by atoms with van der Waals surface area (Å²) in [6.07, 6.45) is 2.36. The van der Waals surface area contributed by atoms with E-state index in [1.807, 2.05) is 12.1 Å². The molecular weight excluding hydrogens is 318 g/mol. The standard InChI is InChI=1S/C17H20ClNO4/c18-13-5-3-12(4-6-13)14-7-19(8-15(14)17(21)22)16(20)10-23-9-11-1-2-11/h3-6,11,14-15H,1-2,7-10H2,(H,21,22)/t14-,15+/m0/s1. The number of hydrogen-bond acceptors (Lipinski definition) is 3. The van der Waals surface area contributed by atoms with E-state index in [1.165, 1.54) is 12.8 Å². The molecule has 0 unspecified atom stereocenters. The number of nitrogens with zero attached hydrogens (tertiary/aromatic N) is 1. The lowest BCUT2D eigenvalue weighted by atomic mass is 9.89. The molecule has 0 bridgehead atoms. The van der Waals surface area contributed by atoms with Crippen LogP contribution in [0.4, 0.5) is 0 Å². The number of benzene rings is 1. The minimum Gasteiger partial charge on any atom is -0.481 e. The Balaban J connectivity index is 1.63. The van der Waals surface area contributed by atoms with E-state index in [0.717, 1.165) is 5.56 Å². The maximum atomic E-state index is 12.2. The van der Waals surface area contributed by atoms with E-state index in [1.54, 1.807) is 17.0 Å². The Morgan fingerprint density at radius 1 is 1.22 bits per heavy atom. The predicted octanol–water partition coefficient (Wildman–Crippen LogP) is 2.39. The second-order valence-electron chi connectivity index (χ2n) is 6.36. The Labute approximate surface area is 140 Å². The summed E-state index contributed by atoms with van der Waals surface area (Å²) in [4.78, 5) is 25.4. The van der Waals surface area contributed by atoms with E-state index >= 15 is 0 Å². The van der Waals surface area contributed by atoms with Gasteiger partial charge in [-0.2, -0.15) is 0 Å². The number of hydrogen-bond donors (Lipinski definition) is 1. The van der Waals surface area contributed by atoms with E-state index in [4.69, 9.17) is 16.3 Å². The lowest BCUT2D eigenvalue weighted by molar-refractivity contribution is -0.142. The number of carbonyl (C=O) groups is 2. The Morgan fingerprint density at radius 2 is 1.91 bits per heavy atom. The van der Waals surface area contributed by atoms with Gasteiger partial charge in [0.25, 0.3) is 0 Å². The van der Waals surface area contributed by atoms with Crippen LogP contribution in [0.3, 0.4) is 0 Å². The molecule has 124 valence electrons. The average molecular weight is 338 g/mol. The molecule has 2 atom stereocenters. The summed E-state index contributed by atoms with van der Waals surface area (Å²) in [6.45, 7) is 1.30. The highest BCUT2D eigenvalue weighted by Gasteiger charge is 2.40. The summed E-state index contributed by atoms with van der Waals surface area (Å²) in [6, 6.07) is 7.17. The molecule has 1 amide bonds. The predicted molar refractivity (Wildman–Crippen MR) is 85.4 cm³/mol. The van der Waals surface area contributed by atoms with Crippen molar-refractivity contribution in [2.24, 2.45) is 11.8 Å². The van der Waals surface area contributed by atoms with E-state index in [2.05, 4.69) is 0 Å². The third-order valence-corrected chi connectivity index (χ3v) is 4.82. The highest BCUT2D eigenvalue weighted by molar-refractivity contribution is 6.30. The van der Waals surface area contributed by atoms with Crippen LogP contribution in [0.2, 0.25) is 5.02 Å². The number of carboxylic acids is 1. The van der Waals surface area contributed by atoms with Crippen LogP contribution < -0.4 is 0 Å². The fraction of sp³-hybridized carbons (Fsp3) is 0.529. The lowest BCUT2D eigenvalue weighted by Crippen LogP contribution is -2.33. The van der Waals surface area contributed by atoms with Gasteiger partial charge < -0.3 is 14.7 Å². The molecule has 1 aliphatic carbocycles. The van der Waals surface area contributed by atoms with Crippen LogP contribution in [-0.4, -0.2) is 48.2 Å². The van der Waals surface area contributed by atoms with Crippen LogP contribution in [0, 0.1) is 11.8 Å². The number of likely N-dealkylation sites (tertiary alicyclic amines) is 1. The second-order valence-corrected chi connectivity index (χ2v) is 6.80. The molecule has 1 N–H and O–H groups in total. The molecule has 3 rings (SSSR count). The van der Waals surface area contributed by atoms with Gasteiger partial charge >= 0.3 is 5.97 Å². The van der Waals surface area contributed by atoms with Crippen LogP contribution in [0.15, 0.2) is 24.3 Å². The molecular formula is C17H20ClNO4. The first-order valence-corrected chi connectivity index (χ1v) is 8.26. The molecule has 1 heterocycles. The van der Waals surface area contributed by atoms with Crippen LogP contribution in [0.1, 0.15) is 24.3 Å². The van der Waals surface area contributed by atoms with Crippen molar-refractivity contribution < 1.29 is 19.4 Å². The first-order chi connectivity index (χ1) is 11.0. The monoisotopic (exact) mass is 337 g/mol. The first-order valence-electron chi connectivity index (χ1n) is 7.88. The van der Waals surface area contributed by atoms with Crippen LogP contribution in [0.25, 0.3) is 0 Å². The number of amides is 1. The van der Waals surface area contributed by atoms with E-state index in [9.17, 15) is 14.7 Å². The van der Waals surface area contributed by atoms with Crippen LogP contribution in [0.5, 0.6) is 0 Å². The quantitative estimate of drug-likeness (QED) is 0.865. The van der Waals surface area contributed by atoms with E-state index in [0.29, 0.717) is 24.1 Å². The Hall–Kier alpha value is -1.59. The van der Waals surface area contributed by atoms with Crippen LogP contribution >= 0.6 is 11.6 Å². The molecule has 1 aromatic rings. The summed E-state index contributed by atoms with van der Waals surface area (Å²) in [7, 11) is 0. The first kappa shape index (κ1) is 16.3. The third kappa shape index (κ3) is 4.03. The fourth-order valence-corrected chi connectivity index (χ4v) is 3.12. The van der Waals surface area contributed by atoms with Crippen molar-refractivity contribution >= 4 is 23.5 Å². The van der Waals surface area contributed by atoms with E-state index < -0.39 is 11.9 Å². The van der Waals surface area contributed by atoms with Gasteiger partial charge in [-0.1, -0.05) is 23.7 Å². The van der Waals surface area contributed by atoms with Crippen LogP contribution in [-0.2, 0) is 14.3 Å². The summed E-state index contributed by atoms with van der Waals surface area (Å²) >= 11 is 5.89. The topological polar surface area (TPSA) is 66.8 Å². The van der Waals surface area contributed by atoms with Gasteiger partial charge in [-0.05, 0) is 36.5 Å². The van der Waals surface area contributed by atoms with Crippen molar-refractivity contribution in [2.45, 2.75) is 18.8 Å². The normalized spacial score (nSPS) is 24.0. The minimum atomic E-state index is -0.876. The number of halogens is 1. The molecule has 0 radical (unpaired) electrons. The van der Waals surface area contributed by atoms with Crippen molar-refractivity contribution in [1.82, 2.24) is 4.90 Å². The van der Waals surface area contributed by atoms with Gasteiger partial charge in [0.1, 0.15) is 6.61 Å². The van der Waals surface area contributed by atoms with Gasteiger partial charge in [-0.15, -0.1) is 0 Å². The number of carbonyl (C=O) groups excluding carboxylic acids is 1. The number of carboxylic acid groups (broad SMARTS) is 1. The van der Waals surface area contributed by atoms with Crippen molar-refractivity contribution in [1.29, 1.82) is 0 Å². The van der Waals surface area contributed by atoms with Crippen molar-refractivity contribution in [2.75, 3.05) is 26.3 Å². The molecule has 1 saturated heterocycles. The SMILES string of the molecule is O=C(O)[C@@H]1CN(C(=O)COCC2CC2)C[C@H]1c1ccc(Cl)cc1. The van der Waals surface area contributed by atoms with Gasteiger partial charge in [0, 0.05) is 24.0 Å². The van der Waals surface area contributed by atoms with Crippen molar-refractivity contribution in [3.63, 3.8) is 0 Å². The van der Waals surface area contributed by atoms with Gasteiger partial charge in [0.15, 0.2) is 0 Å². The molecule has 1 aliphatic heterocycles. The fourth-order valence-electron chi connectivity index (χ4n) is 2.99. The highest BCUT2D eigenvalue weighted by Crippen LogP contribution is 2.34. The molecule has 0 aromatic heterocycles. The lowest BCUT2D eigenvalue weighted by Gasteiger charge is -2.16. The molecule has 1 aromatic carbocycles. The number of rotatable bonds is 6. The molecule has 6 heteroatoms. The molecule has 5 nitrogen and oxygen atoms in total. The van der Waals surface area contributed by atoms with Gasteiger partial charge in [-0.3, -0.25) is 9.59 Å². The zero-order chi connectivity index (χ0) is 16.4. The zero-order valence-corrected chi connectivity index (χ0v) is 13.5. The van der Waals surface area contributed by atoms with Gasteiger partial charge in [0.05, 0.1) is 12.5 Å². The average Bonchev–Trinajstić information content (AvgIpc) is 3.23. The van der Waals surface area contributed by atoms with Crippen molar-refractivity contribution in [3.8, 4) is 0 Å². The van der Waals surface area contributed by atoms with Gasteiger partial charge in [-0.25, -0.2) is 0 Å². The zero-order valence-electron chi connectivity index (χ0n) is 12.8. The maximum absolute atomic E-state index is 12.2. The number of ether oxygens (including phenoxy) is 1. The summed E-state index contributed by atoms with van der Waals surface area (Å²) < 4.78 is 5.43. The molecule has 2 fully saturated rings. The summed E-state index contributed by atoms with van der Waals surface area (Å²) in [5, 5.41) is 10.1. The Morgan fingerprint density at radius 3 is 2.52 bits per heavy atom. The minimum absolute atomic E-state index is 0.0379. The maximum Gasteiger partial charge on any atom is 0.308 e. The Kier molecular flexibility index (Phi) is 4.87.